The number of carboxylic acid groups (broad SMARTS) is 1. The number of aryl methyl sites for hydroxylation is 1. The highest BCUT2D eigenvalue weighted by Crippen LogP contribution is 2.29. The molecule has 0 spiro atoms. The molecule has 2 rings (SSSR count). The summed E-state index contributed by atoms with van der Waals surface area (Å²) in [4.78, 5) is 15.0. The zero-order chi connectivity index (χ0) is 11.9. The summed E-state index contributed by atoms with van der Waals surface area (Å²) in [6.45, 7) is 1.90. The third-order valence-corrected chi connectivity index (χ3v) is 3.36. The van der Waals surface area contributed by atoms with Gasteiger partial charge in [0.15, 0.2) is 0 Å². The monoisotopic (exact) mass is 280 g/mol. The van der Waals surface area contributed by atoms with Crippen LogP contribution in [0.2, 0.25) is 0 Å². The summed E-state index contributed by atoms with van der Waals surface area (Å²) in [5.74, 6) is -1.06. The number of halogens is 1. The average molecular weight is 281 g/mol. The van der Waals surface area contributed by atoms with Crippen molar-refractivity contribution >= 4 is 38.5 Å². The number of carboxylic acids is 1. The molecule has 1 heterocycles. The van der Waals surface area contributed by atoms with Crippen LogP contribution in [-0.2, 0) is 0 Å². The maximum Gasteiger partial charge on any atom is 0.339 e. The molecule has 0 aliphatic rings. The second-order valence-corrected chi connectivity index (χ2v) is 4.31. The number of hydrogen-bond acceptors (Lipinski definition) is 3. The minimum Gasteiger partial charge on any atom is -0.478 e. The lowest BCUT2D eigenvalue weighted by Gasteiger charge is -2.08. The van der Waals surface area contributed by atoms with Gasteiger partial charge in [0.05, 0.1) is 11.2 Å². The maximum absolute atomic E-state index is 10.9. The van der Waals surface area contributed by atoms with Crippen LogP contribution in [0, 0.1) is 6.92 Å². The first-order valence-electron chi connectivity index (χ1n) is 4.59. The van der Waals surface area contributed by atoms with Crippen molar-refractivity contribution in [3.05, 3.63) is 33.9 Å². The van der Waals surface area contributed by atoms with E-state index in [1.165, 1.54) is 6.20 Å². The van der Waals surface area contributed by atoms with E-state index in [9.17, 15) is 4.79 Å². The van der Waals surface area contributed by atoms with Crippen molar-refractivity contribution in [1.29, 1.82) is 0 Å². The summed E-state index contributed by atoms with van der Waals surface area (Å²) < 4.78 is 0.926. The van der Waals surface area contributed by atoms with Crippen LogP contribution in [0.15, 0.2) is 22.8 Å². The minimum absolute atomic E-state index is 0.0363. The number of nitrogens with zero attached hydrogens (tertiary/aromatic N) is 1. The van der Waals surface area contributed by atoms with E-state index < -0.39 is 5.97 Å². The summed E-state index contributed by atoms with van der Waals surface area (Å²) in [5.41, 5.74) is 7.76. The summed E-state index contributed by atoms with van der Waals surface area (Å²) in [7, 11) is 0. The molecule has 0 saturated carbocycles. The maximum atomic E-state index is 10.9. The average Bonchev–Trinajstić information content (AvgIpc) is 2.23. The van der Waals surface area contributed by atoms with Gasteiger partial charge in [-0.1, -0.05) is 15.9 Å². The standard InChI is InChI=1S/C11H9BrN2O2/c1-5-8(12)3-2-6-9(13)7(11(15)16)4-14-10(5)6/h2-4H,1H3,(H2,13,14)(H,15,16). The summed E-state index contributed by atoms with van der Waals surface area (Å²) in [6, 6.07) is 3.60. The van der Waals surface area contributed by atoms with Crippen molar-refractivity contribution in [2.24, 2.45) is 0 Å². The number of carbonyl (C=O) groups is 1. The molecule has 0 amide bonds. The summed E-state index contributed by atoms with van der Waals surface area (Å²) >= 11 is 3.39. The quantitative estimate of drug-likeness (QED) is 0.842. The third-order valence-electron chi connectivity index (χ3n) is 2.50. The Kier molecular flexibility index (Phi) is 2.55. The van der Waals surface area contributed by atoms with Gasteiger partial charge in [0.1, 0.15) is 5.56 Å². The van der Waals surface area contributed by atoms with E-state index in [1.54, 1.807) is 6.07 Å². The fourth-order valence-electron chi connectivity index (χ4n) is 1.57. The predicted molar refractivity (Wildman–Crippen MR) is 65.6 cm³/mol. The molecule has 2 aromatic rings. The van der Waals surface area contributed by atoms with Crippen LogP contribution in [0.25, 0.3) is 10.9 Å². The van der Waals surface area contributed by atoms with E-state index in [0.29, 0.717) is 5.39 Å². The van der Waals surface area contributed by atoms with Crippen LogP contribution in [0.4, 0.5) is 5.69 Å². The minimum atomic E-state index is -1.06. The van der Waals surface area contributed by atoms with Crippen molar-refractivity contribution in [2.45, 2.75) is 6.92 Å². The van der Waals surface area contributed by atoms with E-state index in [2.05, 4.69) is 20.9 Å². The predicted octanol–water partition coefficient (Wildman–Crippen LogP) is 2.59. The molecule has 1 aromatic carbocycles. The van der Waals surface area contributed by atoms with Crippen molar-refractivity contribution in [3.63, 3.8) is 0 Å². The Labute approximate surface area is 100 Å². The molecule has 4 nitrogen and oxygen atoms in total. The molecule has 0 saturated heterocycles. The number of pyridine rings is 1. The molecule has 0 radical (unpaired) electrons. The molecule has 0 unspecified atom stereocenters. The van der Waals surface area contributed by atoms with E-state index in [4.69, 9.17) is 10.8 Å². The fraction of sp³-hybridized carbons (Fsp3) is 0.0909. The van der Waals surface area contributed by atoms with Crippen LogP contribution in [0.1, 0.15) is 15.9 Å². The highest BCUT2D eigenvalue weighted by atomic mass is 79.9. The number of fused-ring (bicyclic) bond motifs is 1. The van der Waals surface area contributed by atoms with Crippen LogP contribution in [0.3, 0.4) is 0 Å². The van der Waals surface area contributed by atoms with Crippen LogP contribution in [-0.4, -0.2) is 16.1 Å². The zero-order valence-electron chi connectivity index (χ0n) is 8.49. The van der Waals surface area contributed by atoms with E-state index in [-0.39, 0.29) is 11.3 Å². The van der Waals surface area contributed by atoms with Gasteiger partial charge in [-0.25, -0.2) is 4.79 Å². The highest BCUT2D eigenvalue weighted by Gasteiger charge is 2.13. The second-order valence-electron chi connectivity index (χ2n) is 3.46. The number of nitrogen functional groups attached to an aromatic ring is 1. The fourth-order valence-corrected chi connectivity index (χ4v) is 1.89. The van der Waals surface area contributed by atoms with E-state index in [1.807, 2.05) is 13.0 Å². The van der Waals surface area contributed by atoms with Gasteiger partial charge in [-0.05, 0) is 24.6 Å². The Hall–Kier alpha value is -1.62. The van der Waals surface area contributed by atoms with Gasteiger partial charge < -0.3 is 10.8 Å². The van der Waals surface area contributed by atoms with Crippen LogP contribution >= 0.6 is 15.9 Å². The molecule has 0 fully saturated rings. The molecular formula is C11H9BrN2O2. The van der Waals surface area contributed by atoms with Crippen molar-refractivity contribution in [1.82, 2.24) is 4.98 Å². The number of anilines is 1. The van der Waals surface area contributed by atoms with Gasteiger partial charge in [0.25, 0.3) is 0 Å². The molecule has 0 atom stereocenters. The smallest absolute Gasteiger partial charge is 0.339 e. The molecule has 82 valence electrons. The molecule has 0 aliphatic heterocycles. The molecule has 0 bridgehead atoms. The molecular weight excluding hydrogens is 272 g/mol. The first-order valence-corrected chi connectivity index (χ1v) is 5.38. The first kappa shape index (κ1) is 10.9. The SMILES string of the molecule is Cc1c(Br)ccc2c(N)c(C(=O)O)cnc12. The van der Waals surface area contributed by atoms with E-state index >= 15 is 0 Å². The number of hydrogen-bond donors (Lipinski definition) is 2. The normalized spacial score (nSPS) is 10.6. The first-order chi connectivity index (χ1) is 7.52. The van der Waals surface area contributed by atoms with Gasteiger partial charge in [-0.2, -0.15) is 0 Å². The van der Waals surface area contributed by atoms with Gasteiger partial charge in [0.2, 0.25) is 0 Å². The topological polar surface area (TPSA) is 76.2 Å². The van der Waals surface area contributed by atoms with Crippen molar-refractivity contribution in [2.75, 3.05) is 5.73 Å². The number of nitrogens with two attached hydrogens (primary N) is 1. The third kappa shape index (κ3) is 1.53. The largest absolute Gasteiger partial charge is 0.478 e. The van der Waals surface area contributed by atoms with Gasteiger partial charge in [0, 0.05) is 16.1 Å². The Morgan fingerprint density at radius 3 is 2.81 bits per heavy atom. The Morgan fingerprint density at radius 1 is 1.50 bits per heavy atom. The van der Waals surface area contributed by atoms with Gasteiger partial charge >= 0.3 is 5.97 Å². The summed E-state index contributed by atoms with van der Waals surface area (Å²) in [5, 5.41) is 9.59. The van der Waals surface area contributed by atoms with Gasteiger partial charge in [-0.15, -0.1) is 0 Å². The lowest BCUT2D eigenvalue weighted by atomic mass is 10.1. The molecule has 0 aliphatic carbocycles. The Balaban J connectivity index is 2.87. The molecule has 1 aromatic heterocycles. The van der Waals surface area contributed by atoms with Crippen LogP contribution < -0.4 is 5.73 Å². The molecule has 3 N–H and O–H groups in total. The van der Waals surface area contributed by atoms with Crippen LogP contribution in [0.5, 0.6) is 0 Å². The zero-order valence-corrected chi connectivity index (χ0v) is 10.1. The summed E-state index contributed by atoms with van der Waals surface area (Å²) in [6.07, 6.45) is 1.29. The molecule has 16 heavy (non-hydrogen) atoms. The number of aromatic carboxylic acids is 1. The Morgan fingerprint density at radius 2 is 2.19 bits per heavy atom. The van der Waals surface area contributed by atoms with Crippen molar-refractivity contribution in [3.8, 4) is 0 Å². The number of aromatic nitrogens is 1. The number of benzene rings is 1. The van der Waals surface area contributed by atoms with E-state index in [0.717, 1.165) is 15.6 Å². The van der Waals surface area contributed by atoms with Gasteiger partial charge in [-0.3, -0.25) is 4.98 Å². The second kappa shape index (κ2) is 3.75. The lowest BCUT2D eigenvalue weighted by molar-refractivity contribution is 0.0698. The van der Waals surface area contributed by atoms with Crippen molar-refractivity contribution < 1.29 is 9.90 Å². The lowest BCUT2D eigenvalue weighted by Crippen LogP contribution is -2.04. The Bertz CT molecular complexity index is 596. The number of rotatable bonds is 1. The highest BCUT2D eigenvalue weighted by molar-refractivity contribution is 9.10. The molecule has 5 heteroatoms.